The van der Waals surface area contributed by atoms with Crippen molar-refractivity contribution in [2.24, 2.45) is 5.92 Å². The Morgan fingerprint density at radius 2 is 1.86 bits per heavy atom. The van der Waals surface area contributed by atoms with Gasteiger partial charge in [-0.3, -0.25) is 14.9 Å². The highest BCUT2D eigenvalue weighted by Gasteiger charge is 2.12. The average molecular weight is 390 g/mol. The second kappa shape index (κ2) is 11.0. The molecule has 0 radical (unpaired) electrons. The van der Waals surface area contributed by atoms with Crippen LogP contribution in [0.5, 0.6) is 0 Å². The zero-order valence-corrected chi connectivity index (χ0v) is 16.3. The maximum Gasteiger partial charge on any atom is 0.262 e. The molecule has 29 heavy (non-hydrogen) atoms. The minimum Gasteiger partial charge on any atom is -0.325 e. The molecular weight excluding hydrogens is 364 g/mol. The molecule has 6 nitrogen and oxygen atoms in total. The van der Waals surface area contributed by atoms with Crippen LogP contribution in [0.3, 0.4) is 0 Å². The van der Waals surface area contributed by atoms with E-state index in [0.29, 0.717) is 18.0 Å². The van der Waals surface area contributed by atoms with Crippen molar-refractivity contribution in [3.63, 3.8) is 0 Å². The number of benzene rings is 2. The Balaban J connectivity index is 1.40. The third kappa shape index (κ3) is 7.07. The van der Waals surface area contributed by atoms with Gasteiger partial charge in [-0.25, -0.2) is 0 Å². The number of rotatable bonds is 6. The van der Waals surface area contributed by atoms with Crippen molar-refractivity contribution in [3.05, 3.63) is 65.7 Å². The summed E-state index contributed by atoms with van der Waals surface area (Å²) in [6.45, 7) is 3.26. The smallest absolute Gasteiger partial charge is 0.262 e. The molecule has 1 aliphatic rings. The number of piperidine rings is 1. The van der Waals surface area contributed by atoms with E-state index in [2.05, 4.69) is 33.2 Å². The summed E-state index contributed by atoms with van der Waals surface area (Å²) in [4.78, 5) is 24.0. The highest BCUT2D eigenvalue weighted by Crippen LogP contribution is 2.09. The highest BCUT2D eigenvalue weighted by atomic mass is 16.2. The second-order valence-corrected chi connectivity index (χ2v) is 7.04. The van der Waals surface area contributed by atoms with Crippen LogP contribution in [0.15, 0.2) is 54.6 Å². The molecule has 150 valence electrons. The summed E-state index contributed by atoms with van der Waals surface area (Å²) in [6, 6.07) is 18.8. The molecule has 0 bridgehead atoms. The van der Waals surface area contributed by atoms with Crippen molar-refractivity contribution in [2.45, 2.75) is 12.8 Å². The predicted octanol–water partition coefficient (Wildman–Crippen LogP) is 1.95. The van der Waals surface area contributed by atoms with Crippen LogP contribution >= 0.6 is 0 Å². The fraction of sp³-hybridized carbons (Fsp3) is 0.304. The molecule has 0 aromatic heterocycles. The molecule has 6 heteroatoms. The Morgan fingerprint density at radius 3 is 2.59 bits per heavy atom. The number of carbonyl (C=O) groups is 2. The van der Waals surface area contributed by atoms with Gasteiger partial charge in [0.2, 0.25) is 5.91 Å². The van der Waals surface area contributed by atoms with Gasteiger partial charge in [-0.15, -0.1) is 0 Å². The van der Waals surface area contributed by atoms with Gasteiger partial charge in [-0.2, -0.15) is 0 Å². The molecule has 2 amide bonds. The Hall–Kier alpha value is -3.14. The Labute approximate surface area is 171 Å². The van der Waals surface area contributed by atoms with Gasteiger partial charge in [-0.1, -0.05) is 18.2 Å². The SMILES string of the molecule is O=C(CNCC1CCCNC1)Nc1ccc(C#CNC(=O)c2ccccc2)cc1. The molecule has 1 fully saturated rings. The van der Waals surface area contributed by atoms with Crippen molar-refractivity contribution in [3.8, 4) is 12.0 Å². The molecule has 3 rings (SSSR count). The minimum absolute atomic E-state index is 0.0669. The molecule has 0 aliphatic carbocycles. The zero-order chi connectivity index (χ0) is 20.3. The molecule has 4 N–H and O–H groups in total. The normalized spacial score (nSPS) is 15.7. The lowest BCUT2D eigenvalue weighted by Crippen LogP contribution is -2.38. The second-order valence-electron chi connectivity index (χ2n) is 7.04. The lowest BCUT2D eigenvalue weighted by atomic mass is 10.00. The van der Waals surface area contributed by atoms with Gasteiger partial charge in [0.25, 0.3) is 5.91 Å². The largest absolute Gasteiger partial charge is 0.325 e. The van der Waals surface area contributed by atoms with Crippen molar-refractivity contribution in [2.75, 3.05) is 31.5 Å². The summed E-state index contributed by atoms with van der Waals surface area (Å²) in [7, 11) is 0. The molecule has 1 heterocycles. The first-order valence-corrected chi connectivity index (χ1v) is 9.88. The van der Waals surface area contributed by atoms with Gasteiger partial charge in [0, 0.05) is 22.9 Å². The molecule has 1 atom stereocenters. The van der Waals surface area contributed by atoms with Gasteiger partial charge in [-0.05, 0) is 80.7 Å². The van der Waals surface area contributed by atoms with Crippen LogP contribution in [-0.4, -0.2) is 38.0 Å². The van der Waals surface area contributed by atoms with E-state index in [1.165, 1.54) is 12.8 Å². The monoisotopic (exact) mass is 390 g/mol. The van der Waals surface area contributed by atoms with Crippen LogP contribution in [0.2, 0.25) is 0 Å². The summed E-state index contributed by atoms with van der Waals surface area (Å²) in [5.41, 5.74) is 2.03. The summed E-state index contributed by atoms with van der Waals surface area (Å²) in [5.74, 6) is 3.17. The van der Waals surface area contributed by atoms with E-state index >= 15 is 0 Å². The summed E-state index contributed by atoms with van der Waals surface area (Å²) >= 11 is 0. The fourth-order valence-electron chi connectivity index (χ4n) is 3.15. The van der Waals surface area contributed by atoms with Crippen LogP contribution < -0.4 is 21.3 Å². The van der Waals surface area contributed by atoms with E-state index in [4.69, 9.17) is 0 Å². The topological polar surface area (TPSA) is 82.3 Å². The van der Waals surface area contributed by atoms with Crippen LogP contribution in [-0.2, 0) is 4.79 Å². The lowest BCUT2D eigenvalue weighted by molar-refractivity contribution is -0.115. The Kier molecular flexibility index (Phi) is 7.81. The van der Waals surface area contributed by atoms with Gasteiger partial charge in [0.05, 0.1) is 6.54 Å². The van der Waals surface area contributed by atoms with Crippen molar-refractivity contribution in [1.82, 2.24) is 16.0 Å². The summed E-state index contributed by atoms with van der Waals surface area (Å²) in [6.07, 6.45) is 2.40. The predicted molar refractivity (Wildman–Crippen MR) is 114 cm³/mol. The zero-order valence-electron chi connectivity index (χ0n) is 16.3. The molecular formula is C23H26N4O2. The molecule has 1 unspecified atom stereocenters. The summed E-state index contributed by atoms with van der Waals surface area (Å²) < 4.78 is 0. The van der Waals surface area contributed by atoms with Gasteiger partial charge >= 0.3 is 0 Å². The molecule has 1 saturated heterocycles. The number of hydrogen-bond donors (Lipinski definition) is 4. The maximum absolute atomic E-state index is 12.1. The number of carbonyl (C=O) groups excluding carboxylic acids is 2. The first kappa shape index (κ1) is 20.6. The minimum atomic E-state index is -0.238. The number of hydrogen-bond acceptors (Lipinski definition) is 4. The van der Waals surface area contributed by atoms with Crippen LogP contribution in [0.4, 0.5) is 5.69 Å². The van der Waals surface area contributed by atoms with E-state index in [1.54, 1.807) is 48.5 Å². The lowest BCUT2D eigenvalue weighted by Gasteiger charge is -2.22. The number of nitrogens with one attached hydrogen (secondary N) is 4. The molecule has 2 aromatic carbocycles. The summed E-state index contributed by atoms with van der Waals surface area (Å²) in [5, 5.41) is 12.0. The number of anilines is 1. The van der Waals surface area contributed by atoms with Gasteiger partial charge in [0.15, 0.2) is 0 Å². The maximum atomic E-state index is 12.1. The third-order valence-corrected chi connectivity index (χ3v) is 4.71. The van der Waals surface area contributed by atoms with E-state index in [9.17, 15) is 9.59 Å². The van der Waals surface area contributed by atoms with Crippen LogP contribution in [0.1, 0.15) is 28.8 Å². The average Bonchev–Trinajstić information content (AvgIpc) is 2.76. The van der Waals surface area contributed by atoms with Gasteiger partial charge < -0.3 is 16.0 Å². The molecule has 2 aromatic rings. The van der Waals surface area contributed by atoms with E-state index in [0.717, 1.165) is 30.9 Å². The third-order valence-electron chi connectivity index (χ3n) is 4.71. The Morgan fingerprint density at radius 1 is 1.07 bits per heavy atom. The van der Waals surface area contributed by atoms with E-state index < -0.39 is 0 Å². The fourth-order valence-corrected chi connectivity index (χ4v) is 3.15. The van der Waals surface area contributed by atoms with Crippen molar-refractivity contribution >= 4 is 17.5 Å². The van der Waals surface area contributed by atoms with E-state index in [1.807, 2.05) is 6.07 Å². The first-order valence-electron chi connectivity index (χ1n) is 9.88. The van der Waals surface area contributed by atoms with Crippen LogP contribution in [0, 0.1) is 17.9 Å². The molecule has 1 aliphatic heterocycles. The standard InChI is InChI=1S/C23H26N4O2/c28-22(17-25-16-19-5-4-13-24-15-19)27-21-10-8-18(9-11-21)12-14-26-23(29)20-6-2-1-3-7-20/h1-3,6-11,19,24-25H,4-5,13,15-17H2,(H,26,29)(H,27,28). The number of amides is 2. The van der Waals surface area contributed by atoms with Crippen molar-refractivity contribution < 1.29 is 9.59 Å². The van der Waals surface area contributed by atoms with Crippen molar-refractivity contribution in [1.29, 1.82) is 0 Å². The van der Waals surface area contributed by atoms with E-state index in [-0.39, 0.29) is 11.8 Å². The molecule has 0 spiro atoms. The highest BCUT2D eigenvalue weighted by molar-refractivity contribution is 5.95. The van der Waals surface area contributed by atoms with Gasteiger partial charge in [0.1, 0.15) is 0 Å². The van der Waals surface area contributed by atoms with Crippen LogP contribution in [0.25, 0.3) is 0 Å². The Bertz CT molecular complexity index is 863. The molecule has 0 saturated carbocycles. The quantitative estimate of drug-likeness (QED) is 0.449. The first-order chi connectivity index (χ1) is 14.2.